The van der Waals surface area contributed by atoms with Gasteiger partial charge in [0.2, 0.25) is 5.91 Å². The molecule has 0 bridgehead atoms. The van der Waals surface area contributed by atoms with Gasteiger partial charge in [-0.15, -0.1) is 0 Å². The van der Waals surface area contributed by atoms with Gasteiger partial charge in [0.05, 0.1) is 0 Å². The smallest absolute Gasteiger partial charge is 0.220 e. The number of carbonyl (C=O) groups excluding carboxylic acids is 3. The molecule has 7 heteroatoms. The second-order valence-corrected chi connectivity index (χ2v) is 7.21. The number of nitrogens with one attached hydrogen (secondary N) is 2. The van der Waals surface area contributed by atoms with E-state index in [-0.39, 0.29) is 22.6 Å². The molecule has 1 aromatic rings. The molecule has 0 saturated heterocycles. The highest BCUT2D eigenvalue weighted by Crippen LogP contribution is 2.28. The minimum atomic E-state index is -0.0871. The fourth-order valence-corrected chi connectivity index (χ4v) is 3.30. The van der Waals surface area contributed by atoms with E-state index < -0.39 is 0 Å². The minimum absolute atomic E-state index is 0.0381. The van der Waals surface area contributed by atoms with E-state index in [1.54, 1.807) is 31.2 Å². The zero-order valence-electron chi connectivity index (χ0n) is 14.8. The summed E-state index contributed by atoms with van der Waals surface area (Å²) in [5.74, 6) is 0.346. The summed E-state index contributed by atoms with van der Waals surface area (Å²) < 4.78 is 0. The van der Waals surface area contributed by atoms with Gasteiger partial charge in [-0.3, -0.25) is 19.8 Å². The number of carbonyl (C=O) groups is 3. The van der Waals surface area contributed by atoms with Crippen LogP contribution >= 0.6 is 11.8 Å². The van der Waals surface area contributed by atoms with Gasteiger partial charge in [0, 0.05) is 41.0 Å². The van der Waals surface area contributed by atoms with Crippen LogP contribution in [0.1, 0.15) is 53.3 Å². The summed E-state index contributed by atoms with van der Waals surface area (Å²) in [6, 6.07) is 6.89. The van der Waals surface area contributed by atoms with Crippen LogP contribution in [-0.2, 0) is 4.79 Å². The van der Waals surface area contributed by atoms with Gasteiger partial charge in [-0.2, -0.15) is 0 Å². The first kappa shape index (κ1) is 19.9. The lowest BCUT2D eigenvalue weighted by Crippen LogP contribution is -2.26. The van der Waals surface area contributed by atoms with E-state index in [1.807, 2.05) is 0 Å². The van der Waals surface area contributed by atoms with E-state index in [2.05, 4.69) is 5.32 Å². The van der Waals surface area contributed by atoms with E-state index in [9.17, 15) is 14.4 Å². The third kappa shape index (κ3) is 5.05. The first-order valence-electron chi connectivity index (χ1n) is 8.53. The Hall–Kier alpha value is -2.41. The first-order valence-corrected chi connectivity index (χ1v) is 9.52. The number of hydrogen-bond acceptors (Lipinski definition) is 5. The van der Waals surface area contributed by atoms with Crippen molar-refractivity contribution in [3.05, 3.63) is 46.5 Å². The molecule has 6 nitrogen and oxygen atoms in total. The molecule has 0 aliphatic heterocycles. The maximum Gasteiger partial charge on any atom is 0.220 e. The molecule has 1 amide bonds. The molecule has 1 aliphatic carbocycles. The quantitative estimate of drug-likeness (QED) is 0.368. The second-order valence-electron chi connectivity index (χ2n) is 6.08. The van der Waals surface area contributed by atoms with E-state index in [4.69, 9.17) is 11.1 Å². The van der Waals surface area contributed by atoms with Crippen LogP contribution in [0.4, 0.5) is 0 Å². The Morgan fingerprint density at radius 1 is 1.15 bits per heavy atom. The van der Waals surface area contributed by atoms with Gasteiger partial charge >= 0.3 is 0 Å². The maximum atomic E-state index is 12.6. The Balaban J connectivity index is 1.80. The fourth-order valence-electron chi connectivity index (χ4n) is 2.88. The third-order valence-electron chi connectivity index (χ3n) is 4.25. The third-order valence-corrected chi connectivity index (χ3v) is 4.97. The SMILES string of the molecule is CC1=C(CCCCC(=O)NCCSC(=N)N)C(=O)c2ccccc2C1=O. The fraction of sp³-hybridized carbons (Fsp3) is 0.368. The van der Waals surface area contributed by atoms with Gasteiger partial charge in [-0.25, -0.2) is 0 Å². The number of Topliss-reactive ketones (excluding diaryl/α,β-unsaturated/α-hetero) is 2. The summed E-state index contributed by atoms with van der Waals surface area (Å²) >= 11 is 1.19. The molecule has 0 radical (unpaired) electrons. The minimum Gasteiger partial charge on any atom is -0.379 e. The first-order chi connectivity index (χ1) is 12.4. The van der Waals surface area contributed by atoms with Crippen LogP contribution in [0.5, 0.6) is 0 Å². The molecule has 138 valence electrons. The summed E-state index contributed by atoms with van der Waals surface area (Å²) in [4.78, 5) is 36.8. The lowest BCUT2D eigenvalue weighted by molar-refractivity contribution is -0.121. The van der Waals surface area contributed by atoms with Crippen LogP contribution in [0, 0.1) is 5.41 Å². The van der Waals surface area contributed by atoms with Crippen molar-refractivity contribution in [2.75, 3.05) is 12.3 Å². The van der Waals surface area contributed by atoms with Gasteiger partial charge in [0.1, 0.15) is 0 Å². The molecule has 0 fully saturated rings. The second kappa shape index (κ2) is 9.33. The average molecular weight is 373 g/mol. The number of ketones is 2. The van der Waals surface area contributed by atoms with Crippen LogP contribution in [0.15, 0.2) is 35.4 Å². The number of rotatable bonds is 8. The summed E-state index contributed by atoms with van der Waals surface area (Å²) in [5.41, 5.74) is 7.24. The van der Waals surface area contributed by atoms with Crippen molar-refractivity contribution in [1.82, 2.24) is 5.32 Å². The predicted octanol–water partition coefficient (Wildman–Crippen LogP) is 2.69. The van der Waals surface area contributed by atoms with Gasteiger partial charge in [-0.05, 0) is 26.2 Å². The number of nitrogens with two attached hydrogens (primary N) is 1. The predicted molar refractivity (Wildman–Crippen MR) is 104 cm³/mol. The number of hydrogen-bond donors (Lipinski definition) is 3. The number of amides is 1. The van der Waals surface area contributed by atoms with Crippen LogP contribution in [-0.4, -0.2) is 34.9 Å². The van der Waals surface area contributed by atoms with Gasteiger partial charge in [-0.1, -0.05) is 36.0 Å². The molecule has 0 atom stereocenters. The molecule has 1 aromatic carbocycles. The van der Waals surface area contributed by atoms with Crippen molar-refractivity contribution in [2.24, 2.45) is 5.73 Å². The van der Waals surface area contributed by atoms with Crippen LogP contribution < -0.4 is 11.1 Å². The Labute approximate surface area is 157 Å². The van der Waals surface area contributed by atoms with Crippen molar-refractivity contribution < 1.29 is 14.4 Å². The average Bonchev–Trinajstić information content (AvgIpc) is 2.62. The normalized spacial score (nSPS) is 13.6. The number of amidine groups is 1. The summed E-state index contributed by atoms with van der Waals surface area (Å²) in [7, 11) is 0. The number of fused-ring (bicyclic) bond motifs is 1. The Morgan fingerprint density at radius 3 is 2.46 bits per heavy atom. The molecule has 2 rings (SSSR count). The lowest BCUT2D eigenvalue weighted by Gasteiger charge is -2.18. The largest absolute Gasteiger partial charge is 0.379 e. The Bertz CT molecular complexity index is 771. The van der Waals surface area contributed by atoms with Gasteiger partial charge in [0.25, 0.3) is 0 Å². The van der Waals surface area contributed by atoms with E-state index in [0.717, 1.165) is 0 Å². The molecule has 0 spiro atoms. The van der Waals surface area contributed by atoms with Crippen molar-refractivity contribution in [3.63, 3.8) is 0 Å². The maximum absolute atomic E-state index is 12.6. The Kier molecular flexibility index (Phi) is 7.15. The highest BCUT2D eigenvalue weighted by Gasteiger charge is 2.28. The number of allylic oxidation sites excluding steroid dienone is 2. The van der Waals surface area contributed by atoms with Crippen LogP contribution in [0.25, 0.3) is 0 Å². The molecule has 26 heavy (non-hydrogen) atoms. The topological polar surface area (TPSA) is 113 Å². The highest BCUT2D eigenvalue weighted by atomic mass is 32.2. The molecule has 0 aromatic heterocycles. The zero-order valence-corrected chi connectivity index (χ0v) is 15.6. The van der Waals surface area contributed by atoms with Crippen molar-refractivity contribution >= 4 is 34.4 Å². The van der Waals surface area contributed by atoms with Gasteiger partial charge < -0.3 is 11.1 Å². The van der Waals surface area contributed by atoms with Crippen LogP contribution in [0.3, 0.4) is 0 Å². The van der Waals surface area contributed by atoms with E-state index >= 15 is 0 Å². The number of thioether (sulfide) groups is 1. The molecular weight excluding hydrogens is 350 g/mol. The molecule has 0 saturated carbocycles. The highest BCUT2D eigenvalue weighted by molar-refractivity contribution is 8.13. The number of unbranched alkanes of at least 4 members (excludes halogenated alkanes) is 1. The molecule has 1 aliphatic rings. The van der Waals surface area contributed by atoms with Crippen molar-refractivity contribution in [1.29, 1.82) is 5.41 Å². The van der Waals surface area contributed by atoms with E-state index in [0.29, 0.717) is 60.3 Å². The molecule has 0 unspecified atom stereocenters. The monoisotopic (exact) mass is 373 g/mol. The molecular formula is C19H23N3O3S. The Morgan fingerprint density at radius 2 is 1.81 bits per heavy atom. The summed E-state index contributed by atoms with van der Waals surface area (Å²) in [6.45, 7) is 2.17. The number of benzene rings is 1. The van der Waals surface area contributed by atoms with E-state index in [1.165, 1.54) is 11.8 Å². The standard InChI is InChI=1S/C19H23N3O3S/c1-12-13(18(25)15-8-3-2-7-14(15)17(12)24)6-4-5-9-16(23)22-10-11-26-19(20)21/h2-3,7-8H,4-6,9-11H2,1H3,(H3,20,21)(H,22,23). The lowest BCUT2D eigenvalue weighted by atomic mass is 9.83. The zero-order chi connectivity index (χ0) is 19.1. The van der Waals surface area contributed by atoms with Crippen molar-refractivity contribution in [2.45, 2.75) is 32.6 Å². The summed E-state index contributed by atoms with van der Waals surface area (Å²) in [6.07, 6.45) is 2.18. The molecule has 0 heterocycles. The summed E-state index contributed by atoms with van der Waals surface area (Å²) in [5, 5.41) is 9.89. The van der Waals surface area contributed by atoms with Crippen molar-refractivity contribution in [3.8, 4) is 0 Å². The molecule has 4 N–H and O–H groups in total. The van der Waals surface area contributed by atoms with Gasteiger partial charge in [0.15, 0.2) is 16.7 Å². The van der Waals surface area contributed by atoms with Crippen LogP contribution in [0.2, 0.25) is 0 Å².